The van der Waals surface area contributed by atoms with E-state index in [1.165, 1.54) is 6.08 Å². The molecule has 4 rings (SSSR count). The van der Waals surface area contributed by atoms with Crippen LogP contribution in [0.2, 0.25) is 0 Å². The van der Waals surface area contributed by atoms with E-state index in [-0.39, 0.29) is 23.1 Å². The number of carbonyl (C=O) groups excluding carboxylic acids is 2. The summed E-state index contributed by atoms with van der Waals surface area (Å²) in [5.74, 6) is 8.92. The van der Waals surface area contributed by atoms with Crippen LogP contribution < -0.4 is 25.9 Å². The number of carbonyl (C=O) groups is 1. The van der Waals surface area contributed by atoms with Crippen LogP contribution in [0.15, 0.2) is 60.2 Å². The molecular weight excluding hydrogens is 448 g/mol. The quantitative estimate of drug-likeness (QED) is 0.295. The van der Waals surface area contributed by atoms with E-state index in [0.29, 0.717) is 39.7 Å². The lowest BCUT2D eigenvalue weighted by Crippen LogP contribution is -2.26. The van der Waals surface area contributed by atoms with Crippen molar-refractivity contribution in [3.63, 3.8) is 0 Å². The Morgan fingerprint density at radius 2 is 1.83 bits per heavy atom. The Bertz CT molecular complexity index is 1450. The van der Waals surface area contributed by atoms with Crippen molar-refractivity contribution in [1.82, 2.24) is 15.2 Å². The lowest BCUT2D eigenvalue weighted by molar-refractivity contribution is -0.111. The number of benzene rings is 2. The van der Waals surface area contributed by atoms with Crippen molar-refractivity contribution >= 4 is 29.1 Å². The Kier molecular flexibility index (Phi) is 6.35. The normalized spacial score (nSPS) is 11.6. The largest absolute Gasteiger partial charge is 0.497 e. The molecule has 0 fully saturated rings. The van der Waals surface area contributed by atoms with Gasteiger partial charge < -0.3 is 20.5 Å². The van der Waals surface area contributed by atoms with Gasteiger partial charge in [-0.05, 0) is 48.4 Å². The second-order valence-electron chi connectivity index (χ2n) is 7.16. The minimum Gasteiger partial charge on any atom is -0.497 e. The molecule has 2 heterocycles. The average Bonchev–Trinajstić information content (AvgIpc) is 3.28. The van der Waals surface area contributed by atoms with Gasteiger partial charge >= 0.3 is 0 Å². The zero-order valence-electron chi connectivity index (χ0n) is 18.9. The molecule has 35 heavy (non-hydrogen) atoms. The molecule has 0 spiro atoms. The first kappa shape index (κ1) is 22.9. The summed E-state index contributed by atoms with van der Waals surface area (Å²) in [6, 6.07) is 12.1. The molecule has 0 saturated heterocycles. The van der Waals surface area contributed by atoms with Gasteiger partial charge in [0, 0.05) is 17.3 Å². The van der Waals surface area contributed by atoms with Crippen LogP contribution in [0.3, 0.4) is 0 Å². The summed E-state index contributed by atoms with van der Waals surface area (Å²) in [5.41, 5.74) is 11.6. The highest BCUT2D eigenvalue weighted by atomic mass is 16.5. The number of nitrogens with two attached hydrogens (primary N) is 1. The molecule has 4 N–H and O–H groups in total. The van der Waals surface area contributed by atoms with E-state index in [1.54, 1.807) is 67.3 Å². The lowest BCUT2D eigenvalue weighted by atomic mass is 10.1. The fourth-order valence-corrected chi connectivity index (χ4v) is 3.32. The molecule has 1 aromatic heterocycles. The molecule has 0 radical (unpaired) electrons. The molecule has 1 aliphatic rings. The number of hydrogen-bond acceptors (Lipinski definition) is 8. The molecular formula is C25H20N6O4. The maximum atomic E-state index is 11.6. The first-order valence-corrected chi connectivity index (χ1v) is 10.2. The average molecular weight is 468 g/mol. The number of rotatable bonds is 5. The number of fused-ring (bicyclic) bond motifs is 1. The zero-order valence-corrected chi connectivity index (χ0v) is 18.9. The number of methoxy groups -OCH3 is 2. The van der Waals surface area contributed by atoms with Crippen LogP contribution in [0.1, 0.15) is 22.5 Å². The van der Waals surface area contributed by atoms with Crippen molar-refractivity contribution in [2.75, 3.05) is 19.5 Å². The number of nitrogens with zero attached hydrogens (tertiary/aromatic N) is 3. The Hall–Kier alpha value is -5.26. The summed E-state index contributed by atoms with van der Waals surface area (Å²) in [7, 11) is 3.10. The predicted octanol–water partition coefficient (Wildman–Crippen LogP) is 1.81. The fraction of sp³-hybridized carbons (Fsp3) is 0.0800. The maximum Gasteiger partial charge on any atom is 0.247 e. The van der Waals surface area contributed by atoms with Gasteiger partial charge in [-0.3, -0.25) is 10.2 Å². The van der Waals surface area contributed by atoms with Crippen LogP contribution in [-0.4, -0.2) is 41.7 Å². The Labute approximate surface area is 200 Å². The molecule has 2 aromatic carbocycles. The summed E-state index contributed by atoms with van der Waals surface area (Å²) in [4.78, 5) is 23.1. The molecule has 0 saturated carbocycles. The highest BCUT2D eigenvalue weighted by molar-refractivity contribution is 6.07. The van der Waals surface area contributed by atoms with Gasteiger partial charge in [-0.15, -0.1) is 0 Å². The van der Waals surface area contributed by atoms with Gasteiger partial charge in [-0.2, -0.15) is 10.2 Å². The summed E-state index contributed by atoms with van der Waals surface area (Å²) in [5, 5.41) is 11.2. The van der Waals surface area contributed by atoms with E-state index in [4.69, 9.17) is 15.2 Å². The number of ether oxygens (including phenoxy) is 2. The van der Waals surface area contributed by atoms with Crippen molar-refractivity contribution in [3.05, 3.63) is 77.6 Å². The highest BCUT2D eigenvalue weighted by Gasteiger charge is 2.27. The third-order valence-electron chi connectivity index (χ3n) is 5.01. The molecule has 3 aromatic rings. The Balaban J connectivity index is 1.86. The Morgan fingerprint density at radius 3 is 2.43 bits per heavy atom. The van der Waals surface area contributed by atoms with Crippen LogP contribution in [0, 0.1) is 11.8 Å². The fourth-order valence-electron chi connectivity index (χ4n) is 3.32. The molecule has 1 amide bonds. The molecule has 10 nitrogen and oxygen atoms in total. The highest BCUT2D eigenvalue weighted by Crippen LogP contribution is 2.26. The minimum atomic E-state index is -0.330. The van der Waals surface area contributed by atoms with Gasteiger partial charge in [-0.25, -0.2) is 9.48 Å². The van der Waals surface area contributed by atoms with E-state index in [2.05, 4.69) is 39.4 Å². The number of nitrogens with one attached hydrogen (secondary N) is 2. The van der Waals surface area contributed by atoms with Gasteiger partial charge in [0.1, 0.15) is 22.9 Å². The number of amides is 1. The SMILES string of the molecule is C=CC(=O)Nc1ccc(-n2nc3c(c2C#Cc2cc(OC)cc(OC)c2)C(N)=NNC3=C=O)cc1. The van der Waals surface area contributed by atoms with E-state index >= 15 is 0 Å². The molecule has 174 valence electrons. The zero-order chi connectivity index (χ0) is 24.9. The molecule has 0 atom stereocenters. The smallest absolute Gasteiger partial charge is 0.247 e. The van der Waals surface area contributed by atoms with Gasteiger partial charge in [0.25, 0.3) is 0 Å². The summed E-state index contributed by atoms with van der Waals surface area (Å²) < 4.78 is 12.2. The van der Waals surface area contributed by atoms with E-state index < -0.39 is 0 Å². The first-order valence-electron chi connectivity index (χ1n) is 10.2. The summed E-state index contributed by atoms with van der Waals surface area (Å²) in [6.45, 7) is 3.44. The van der Waals surface area contributed by atoms with Crippen LogP contribution in [0.5, 0.6) is 11.5 Å². The number of anilines is 1. The predicted molar refractivity (Wildman–Crippen MR) is 131 cm³/mol. The maximum absolute atomic E-state index is 11.6. The van der Waals surface area contributed by atoms with Crippen molar-refractivity contribution in [3.8, 4) is 29.0 Å². The third-order valence-corrected chi connectivity index (χ3v) is 5.01. The van der Waals surface area contributed by atoms with Crippen LogP contribution in [0.4, 0.5) is 5.69 Å². The lowest BCUT2D eigenvalue weighted by Gasteiger charge is -2.10. The molecule has 0 bridgehead atoms. The number of hydrogen-bond donors (Lipinski definition) is 3. The molecule has 1 aliphatic heterocycles. The monoisotopic (exact) mass is 468 g/mol. The van der Waals surface area contributed by atoms with E-state index in [1.807, 2.05) is 0 Å². The number of aromatic nitrogens is 2. The number of hydrazone groups is 1. The van der Waals surface area contributed by atoms with Gasteiger partial charge in [0.2, 0.25) is 5.91 Å². The minimum absolute atomic E-state index is 0.0360. The summed E-state index contributed by atoms with van der Waals surface area (Å²) in [6.07, 6.45) is 1.18. The second kappa shape index (κ2) is 9.70. The molecule has 0 unspecified atom stereocenters. The second-order valence-corrected chi connectivity index (χ2v) is 7.16. The van der Waals surface area contributed by atoms with Crippen LogP contribution in [-0.2, 0) is 9.59 Å². The van der Waals surface area contributed by atoms with E-state index in [0.717, 1.165) is 0 Å². The Morgan fingerprint density at radius 1 is 1.14 bits per heavy atom. The van der Waals surface area contributed by atoms with Crippen molar-refractivity contribution in [2.24, 2.45) is 10.8 Å². The van der Waals surface area contributed by atoms with Crippen molar-refractivity contribution < 1.29 is 19.1 Å². The molecule has 0 aliphatic carbocycles. The van der Waals surface area contributed by atoms with Crippen LogP contribution in [0.25, 0.3) is 11.4 Å². The standard InChI is InChI=1S/C25H20N6O4/c1-4-22(33)27-16-6-8-17(9-7-16)31-21(23-24(30-31)20(14-32)28-29-25(23)26)10-5-15-11-18(34-2)13-19(12-15)35-3/h4,6-9,11-13,28H,1H2,2-3H3,(H2,26,29)(H,27,33). The van der Waals surface area contributed by atoms with Gasteiger partial charge in [0.15, 0.2) is 17.5 Å². The van der Waals surface area contributed by atoms with Gasteiger partial charge in [0.05, 0.1) is 25.5 Å². The van der Waals surface area contributed by atoms with Crippen molar-refractivity contribution in [2.45, 2.75) is 0 Å². The van der Waals surface area contributed by atoms with E-state index in [9.17, 15) is 9.59 Å². The third kappa shape index (κ3) is 4.61. The summed E-state index contributed by atoms with van der Waals surface area (Å²) >= 11 is 0. The molecule has 10 heteroatoms. The topological polar surface area (TPSA) is 133 Å². The van der Waals surface area contributed by atoms with Crippen molar-refractivity contribution in [1.29, 1.82) is 0 Å². The first-order chi connectivity index (χ1) is 17.0. The van der Waals surface area contributed by atoms with Gasteiger partial charge in [-0.1, -0.05) is 12.5 Å². The number of amidine groups is 1. The van der Waals surface area contributed by atoms with Crippen LogP contribution >= 0.6 is 0 Å².